The summed E-state index contributed by atoms with van der Waals surface area (Å²) < 4.78 is 5.55. The van der Waals surface area contributed by atoms with E-state index in [2.05, 4.69) is 25.7 Å². The molecule has 0 aromatic heterocycles. The van der Waals surface area contributed by atoms with E-state index in [9.17, 15) is 0 Å². The second-order valence-corrected chi connectivity index (χ2v) is 7.07. The van der Waals surface area contributed by atoms with E-state index in [1.165, 1.54) is 70.6 Å². The standard InChI is InChI=1S/C19H39NO/c1-4-6-8-10-12-14-19(3,13-11-9-7-5-2)20-15-17-21-18-16-20/h4-18H2,1-3H3. The molecule has 126 valence electrons. The van der Waals surface area contributed by atoms with Crippen LogP contribution in [0.1, 0.15) is 91.4 Å². The summed E-state index contributed by atoms with van der Waals surface area (Å²) in [5.41, 5.74) is 0.420. The first kappa shape index (κ1) is 19.0. The largest absolute Gasteiger partial charge is 0.379 e. The van der Waals surface area contributed by atoms with E-state index in [4.69, 9.17) is 4.74 Å². The molecule has 1 aliphatic heterocycles. The van der Waals surface area contributed by atoms with Crippen molar-refractivity contribution in [1.29, 1.82) is 0 Å². The van der Waals surface area contributed by atoms with Gasteiger partial charge in [-0.05, 0) is 19.8 Å². The molecule has 1 saturated heterocycles. The van der Waals surface area contributed by atoms with Crippen molar-refractivity contribution in [3.8, 4) is 0 Å². The number of hydrogen-bond acceptors (Lipinski definition) is 2. The third-order valence-corrected chi connectivity index (χ3v) is 5.16. The van der Waals surface area contributed by atoms with Crippen LogP contribution in [-0.4, -0.2) is 36.7 Å². The number of nitrogens with zero attached hydrogens (tertiary/aromatic N) is 1. The van der Waals surface area contributed by atoms with Crippen LogP contribution in [0.25, 0.3) is 0 Å². The Hall–Kier alpha value is -0.0800. The van der Waals surface area contributed by atoms with Gasteiger partial charge < -0.3 is 4.74 Å². The molecule has 1 atom stereocenters. The molecule has 1 heterocycles. The molecular weight excluding hydrogens is 258 g/mol. The summed E-state index contributed by atoms with van der Waals surface area (Å²) in [5.74, 6) is 0. The van der Waals surface area contributed by atoms with Crippen molar-refractivity contribution in [2.24, 2.45) is 0 Å². The molecule has 0 amide bonds. The summed E-state index contributed by atoms with van der Waals surface area (Å²) in [4.78, 5) is 2.72. The van der Waals surface area contributed by atoms with Gasteiger partial charge in [-0.25, -0.2) is 0 Å². The SMILES string of the molecule is CCCCCCCC(C)(CCCCCC)N1CCOCC1. The topological polar surface area (TPSA) is 12.5 Å². The van der Waals surface area contributed by atoms with Crippen LogP contribution in [0.2, 0.25) is 0 Å². The highest BCUT2D eigenvalue weighted by Gasteiger charge is 2.31. The van der Waals surface area contributed by atoms with Crippen LogP contribution in [0.15, 0.2) is 0 Å². The lowest BCUT2D eigenvalue weighted by Gasteiger charge is -2.44. The van der Waals surface area contributed by atoms with Gasteiger partial charge in [0.15, 0.2) is 0 Å². The van der Waals surface area contributed by atoms with Crippen molar-refractivity contribution < 1.29 is 4.74 Å². The fourth-order valence-electron chi connectivity index (χ4n) is 3.59. The first-order chi connectivity index (χ1) is 10.2. The van der Waals surface area contributed by atoms with Gasteiger partial charge in [0, 0.05) is 18.6 Å². The first-order valence-corrected chi connectivity index (χ1v) is 9.55. The Morgan fingerprint density at radius 2 is 1.24 bits per heavy atom. The molecule has 0 bridgehead atoms. The van der Waals surface area contributed by atoms with Crippen LogP contribution >= 0.6 is 0 Å². The van der Waals surface area contributed by atoms with Gasteiger partial charge in [0.1, 0.15) is 0 Å². The number of rotatable bonds is 12. The average molecular weight is 298 g/mol. The smallest absolute Gasteiger partial charge is 0.0594 e. The molecule has 1 unspecified atom stereocenters. The van der Waals surface area contributed by atoms with E-state index < -0.39 is 0 Å². The molecule has 1 rings (SSSR count). The molecule has 0 radical (unpaired) electrons. The zero-order chi connectivity index (χ0) is 15.4. The predicted molar refractivity (Wildman–Crippen MR) is 92.9 cm³/mol. The van der Waals surface area contributed by atoms with E-state index >= 15 is 0 Å². The quantitative estimate of drug-likeness (QED) is 0.447. The first-order valence-electron chi connectivity index (χ1n) is 9.55. The Balaban J connectivity index is 2.39. The third kappa shape index (κ3) is 7.65. The number of hydrogen-bond donors (Lipinski definition) is 0. The van der Waals surface area contributed by atoms with Crippen LogP contribution in [-0.2, 0) is 4.74 Å². The lowest BCUT2D eigenvalue weighted by atomic mass is 9.86. The summed E-state index contributed by atoms with van der Waals surface area (Å²) in [6.45, 7) is 11.3. The average Bonchev–Trinajstić information content (AvgIpc) is 2.52. The van der Waals surface area contributed by atoms with Crippen LogP contribution < -0.4 is 0 Å². The normalized spacial score (nSPS) is 19.6. The fourth-order valence-corrected chi connectivity index (χ4v) is 3.59. The minimum atomic E-state index is 0.420. The molecule has 0 aromatic rings. The van der Waals surface area contributed by atoms with Crippen molar-refractivity contribution in [2.75, 3.05) is 26.3 Å². The molecule has 21 heavy (non-hydrogen) atoms. The van der Waals surface area contributed by atoms with Crippen molar-refractivity contribution in [3.63, 3.8) is 0 Å². The van der Waals surface area contributed by atoms with Gasteiger partial charge in [-0.1, -0.05) is 71.6 Å². The second-order valence-electron chi connectivity index (χ2n) is 7.07. The Morgan fingerprint density at radius 1 is 0.762 bits per heavy atom. The van der Waals surface area contributed by atoms with Gasteiger partial charge in [-0.3, -0.25) is 4.90 Å². The van der Waals surface area contributed by atoms with Crippen molar-refractivity contribution in [3.05, 3.63) is 0 Å². The zero-order valence-electron chi connectivity index (χ0n) is 15.0. The Bertz CT molecular complexity index is 238. The van der Waals surface area contributed by atoms with Gasteiger partial charge in [-0.15, -0.1) is 0 Å². The van der Waals surface area contributed by atoms with Gasteiger partial charge in [-0.2, -0.15) is 0 Å². The van der Waals surface area contributed by atoms with Crippen LogP contribution in [0.4, 0.5) is 0 Å². The lowest BCUT2D eigenvalue weighted by molar-refractivity contribution is -0.0243. The Morgan fingerprint density at radius 3 is 1.76 bits per heavy atom. The highest BCUT2D eigenvalue weighted by molar-refractivity contribution is 4.87. The van der Waals surface area contributed by atoms with Gasteiger partial charge in [0.2, 0.25) is 0 Å². The highest BCUT2D eigenvalue weighted by Crippen LogP contribution is 2.30. The Kier molecular flexibility index (Phi) is 10.4. The number of ether oxygens (including phenoxy) is 1. The van der Waals surface area contributed by atoms with Crippen LogP contribution in [0, 0.1) is 0 Å². The number of morpholine rings is 1. The van der Waals surface area contributed by atoms with Crippen molar-refractivity contribution in [1.82, 2.24) is 4.90 Å². The molecular formula is C19H39NO. The maximum Gasteiger partial charge on any atom is 0.0594 e. The summed E-state index contributed by atoms with van der Waals surface area (Å²) in [6, 6.07) is 0. The minimum absolute atomic E-state index is 0.420. The third-order valence-electron chi connectivity index (χ3n) is 5.16. The Labute approximate surface area is 133 Å². The molecule has 0 saturated carbocycles. The maximum atomic E-state index is 5.55. The van der Waals surface area contributed by atoms with Gasteiger partial charge in [0.05, 0.1) is 13.2 Å². The van der Waals surface area contributed by atoms with E-state index in [1.807, 2.05) is 0 Å². The van der Waals surface area contributed by atoms with E-state index in [0.29, 0.717) is 5.54 Å². The monoisotopic (exact) mass is 297 g/mol. The fraction of sp³-hybridized carbons (Fsp3) is 1.00. The van der Waals surface area contributed by atoms with Gasteiger partial charge in [0.25, 0.3) is 0 Å². The molecule has 0 aliphatic carbocycles. The number of unbranched alkanes of at least 4 members (excludes halogenated alkanes) is 7. The van der Waals surface area contributed by atoms with Crippen LogP contribution in [0.5, 0.6) is 0 Å². The maximum absolute atomic E-state index is 5.55. The second kappa shape index (κ2) is 11.5. The van der Waals surface area contributed by atoms with Crippen LogP contribution in [0.3, 0.4) is 0 Å². The molecule has 0 aromatic carbocycles. The molecule has 1 aliphatic rings. The summed E-state index contributed by atoms with van der Waals surface area (Å²) in [6.07, 6.45) is 15.3. The van der Waals surface area contributed by atoms with E-state index in [0.717, 1.165) is 26.3 Å². The van der Waals surface area contributed by atoms with E-state index in [-0.39, 0.29) is 0 Å². The van der Waals surface area contributed by atoms with Crippen molar-refractivity contribution >= 4 is 0 Å². The summed E-state index contributed by atoms with van der Waals surface area (Å²) in [5, 5.41) is 0. The molecule has 0 spiro atoms. The zero-order valence-corrected chi connectivity index (χ0v) is 15.0. The molecule has 0 N–H and O–H groups in total. The summed E-state index contributed by atoms with van der Waals surface area (Å²) in [7, 11) is 0. The van der Waals surface area contributed by atoms with Gasteiger partial charge >= 0.3 is 0 Å². The van der Waals surface area contributed by atoms with Crippen molar-refractivity contribution in [2.45, 2.75) is 96.9 Å². The minimum Gasteiger partial charge on any atom is -0.379 e. The lowest BCUT2D eigenvalue weighted by Crippen LogP contribution is -2.51. The molecule has 2 nitrogen and oxygen atoms in total. The highest BCUT2D eigenvalue weighted by atomic mass is 16.5. The molecule has 1 fully saturated rings. The summed E-state index contributed by atoms with van der Waals surface area (Å²) >= 11 is 0. The predicted octanol–water partition coefficient (Wildman–Crippen LogP) is 5.41. The van der Waals surface area contributed by atoms with E-state index in [1.54, 1.807) is 0 Å². The molecule has 2 heteroatoms.